The fourth-order valence-corrected chi connectivity index (χ4v) is 1.36. The van der Waals surface area contributed by atoms with Crippen molar-refractivity contribution in [2.75, 3.05) is 6.54 Å². The molecular formula is C7H11N3O2. The molecule has 1 aliphatic heterocycles. The summed E-state index contributed by atoms with van der Waals surface area (Å²) >= 11 is 0. The van der Waals surface area contributed by atoms with Gasteiger partial charge in [0, 0.05) is 17.9 Å². The maximum atomic E-state index is 5.39. The van der Waals surface area contributed by atoms with E-state index >= 15 is 0 Å². The Morgan fingerprint density at radius 1 is 1.75 bits per heavy atom. The summed E-state index contributed by atoms with van der Waals surface area (Å²) < 4.78 is 4.55. The van der Waals surface area contributed by atoms with Crippen molar-refractivity contribution < 1.29 is 9.36 Å². The van der Waals surface area contributed by atoms with Gasteiger partial charge in [-0.25, -0.2) is 0 Å². The molecule has 1 unspecified atom stereocenters. The molecule has 0 saturated carbocycles. The average molecular weight is 169 g/mol. The highest BCUT2D eigenvalue weighted by Crippen LogP contribution is 2.18. The highest BCUT2D eigenvalue weighted by molar-refractivity contribution is 4.94. The molecule has 0 N–H and O–H groups in total. The monoisotopic (exact) mass is 169 g/mol. The Hall–Kier alpha value is -1.10. The quantitative estimate of drug-likeness (QED) is 0.656. The van der Waals surface area contributed by atoms with E-state index in [1.54, 1.807) is 0 Å². The van der Waals surface area contributed by atoms with Crippen molar-refractivity contribution in [2.24, 2.45) is 0 Å². The first-order valence-corrected chi connectivity index (χ1v) is 4.08. The topological polar surface area (TPSA) is 51.4 Å². The van der Waals surface area contributed by atoms with E-state index in [0.717, 1.165) is 6.54 Å². The Morgan fingerprint density at radius 2 is 2.67 bits per heavy atom. The van der Waals surface area contributed by atoms with Gasteiger partial charge in [0.1, 0.15) is 0 Å². The summed E-state index contributed by atoms with van der Waals surface area (Å²) in [5.41, 5.74) is 0. The van der Waals surface area contributed by atoms with Crippen LogP contribution in [-0.4, -0.2) is 28.0 Å². The molecule has 1 aromatic rings. The van der Waals surface area contributed by atoms with Crippen LogP contribution >= 0.6 is 0 Å². The Bertz CT molecular complexity index is 237. The highest BCUT2D eigenvalue weighted by Gasteiger charge is 2.22. The molecule has 1 aromatic heterocycles. The van der Waals surface area contributed by atoms with Crippen LogP contribution in [0.3, 0.4) is 0 Å². The number of hydroxylamine groups is 2. The third kappa shape index (κ3) is 1.40. The van der Waals surface area contributed by atoms with E-state index in [-0.39, 0.29) is 0 Å². The number of nitrogens with zero attached hydrogens (tertiary/aromatic N) is 3. The lowest BCUT2D eigenvalue weighted by atomic mass is 10.3. The van der Waals surface area contributed by atoms with Crippen LogP contribution < -0.4 is 4.84 Å². The minimum atomic E-state index is 0.434. The first-order valence-electron chi connectivity index (χ1n) is 4.08. The molecular weight excluding hydrogens is 158 g/mol. The Morgan fingerprint density at radius 3 is 3.25 bits per heavy atom. The first-order chi connectivity index (χ1) is 5.86. The zero-order chi connectivity index (χ0) is 8.39. The second-order valence-electron chi connectivity index (χ2n) is 2.97. The van der Waals surface area contributed by atoms with E-state index in [4.69, 9.17) is 4.84 Å². The van der Waals surface area contributed by atoms with E-state index in [2.05, 4.69) is 21.8 Å². The van der Waals surface area contributed by atoms with Crippen molar-refractivity contribution in [3.8, 4) is 5.88 Å². The second-order valence-corrected chi connectivity index (χ2v) is 2.97. The third-order valence-corrected chi connectivity index (χ3v) is 2.04. The zero-order valence-electron chi connectivity index (χ0n) is 6.93. The number of hydrogen-bond acceptors (Lipinski definition) is 5. The Labute approximate surface area is 70.2 Å². The van der Waals surface area contributed by atoms with Crippen LogP contribution in [0.15, 0.2) is 10.8 Å². The van der Waals surface area contributed by atoms with Crippen molar-refractivity contribution in [3.63, 3.8) is 0 Å². The van der Waals surface area contributed by atoms with E-state index in [9.17, 15) is 0 Å². The SMILES string of the molecule is CC1CCCN1Oc1conn1. The standard InChI is InChI=1S/C7H11N3O2/c1-6-3-2-4-10(6)12-7-5-11-9-8-7/h5-6H,2-4H2,1H3. The molecule has 0 aliphatic carbocycles. The largest absolute Gasteiger partial charge is 0.380 e. The molecule has 5 nitrogen and oxygen atoms in total. The zero-order valence-corrected chi connectivity index (χ0v) is 6.93. The lowest BCUT2D eigenvalue weighted by Gasteiger charge is -2.18. The van der Waals surface area contributed by atoms with Gasteiger partial charge >= 0.3 is 0 Å². The number of hydrogen-bond donors (Lipinski definition) is 0. The summed E-state index contributed by atoms with van der Waals surface area (Å²) in [5.74, 6) is 0.434. The maximum absolute atomic E-state index is 5.39. The molecule has 0 amide bonds. The summed E-state index contributed by atoms with van der Waals surface area (Å²) in [6.45, 7) is 3.08. The molecule has 66 valence electrons. The molecule has 0 radical (unpaired) electrons. The summed E-state index contributed by atoms with van der Waals surface area (Å²) in [6.07, 6.45) is 3.74. The van der Waals surface area contributed by atoms with Crippen LogP contribution in [0.2, 0.25) is 0 Å². The summed E-state index contributed by atoms with van der Waals surface area (Å²) in [4.78, 5) is 5.39. The molecule has 0 bridgehead atoms. The van der Waals surface area contributed by atoms with Gasteiger partial charge in [0.25, 0.3) is 5.88 Å². The predicted molar refractivity (Wildman–Crippen MR) is 40.3 cm³/mol. The van der Waals surface area contributed by atoms with Crippen molar-refractivity contribution in [1.82, 2.24) is 15.4 Å². The fraction of sp³-hybridized carbons (Fsp3) is 0.714. The molecule has 1 saturated heterocycles. The maximum Gasteiger partial charge on any atom is 0.298 e. The van der Waals surface area contributed by atoms with Crippen molar-refractivity contribution in [1.29, 1.82) is 0 Å². The highest BCUT2D eigenvalue weighted by atomic mass is 16.7. The number of aromatic nitrogens is 2. The predicted octanol–water partition coefficient (Wildman–Crippen LogP) is 0.848. The molecule has 0 spiro atoms. The second kappa shape index (κ2) is 3.10. The molecule has 1 atom stereocenters. The Balaban J connectivity index is 1.95. The molecule has 1 aliphatic rings. The molecule has 0 aromatic carbocycles. The van der Waals surface area contributed by atoms with Crippen LogP contribution in [0.5, 0.6) is 5.88 Å². The normalized spacial score (nSPS) is 24.6. The van der Waals surface area contributed by atoms with Gasteiger partial charge in [0.2, 0.25) is 0 Å². The smallest absolute Gasteiger partial charge is 0.298 e. The molecule has 5 heteroatoms. The lowest BCUT2D eigenvalue weighted by molar-refractivity contribution is -0.0691. The van der Waals surface area contributed by atoms with Crippen molar-refractivity contribution in [3.05, 3.63) is 6.26 Å². The van der Waals surface area contributed by atoms with Crippen LogP contribution in [0.4, 0.5) is 0 Å². The Kier molecular flexibility index (Phi) is 1.95. The first kappa shape index (κ1) is 7.54. The van der Waals surface area contributed by atoms with E-state index < -0.39 is 0 Å². The van der Waals surface area contributed by atoms with E-state index in [1.165, 1.54) is 19.1 Å². The van der Waals surface area contributed by atoms with Gasteiger partial charge in [-0.05, 0) is 19.8 Å². The van der Waals surface area contributed by atoms with E-state index in [0.29, 0.717) is 11.9 Å². The minimum absolute atomic E-state index is 0.434. The van der Waals surface area contributed by atoms with Crippen LogP contribution in [0, 0.1) is 0 Å². The van der Waals surface area contributed by atoms with Gasteiger partial charge in [-0.1, -0.05) is 5.10 Å². The van der Waals surface area contributed by atoms with Gasteiger partial charge in [-0.3, -0.25) is 0 Å². The third-order valence-electron chi connectivity index (χ3n) is 2.04. The van der Waals surface area contributed by atoms with Crippen LogP contribution in [-0.2, 0) is 0 Å². The molecule has 2 heterocycles. The van der Waals surface area contributed by atoms with Gasteiger partial charge in [-0.15, -0.1) is 5.06 Å². The van der Waals surface area contributed by atoms with Crippen LogP contribution in [0.25, 0.3) is 0 Å². The number of rotatable bonds is 2. The molecule has 12 heavy (non-hydrogen) atoms. The summed E-state index contributed by atoms with van der Waals surface area (Å²) in [5, 5.41) is 8.85. The minimum Gasteiger partial charge on any atom is -0.380 e. The van der Waals surface area contributed by atoms with E-state index in [1.807, 2.05) is 5.06 Å². The summed E-state index contributed by atoms with van der Waals surface area (Å²) in [7, 11) is 0. The fourth-order valence-electron chi connectivity index (χ4n) is 1.36. The van der Waals surface area contributed by atoms with Crippen LogP contribution in [0.1, 0.15) is 19.8 Å². The van der Waals surface area contributed by atoms with Gasteiger partial charge in [0.05, 0.1) is 0 Å². The summed E-state index contributed by atoms with van der Waals surface area (Å²) in [6, 6.07) is 0.460. The molecule has 1 fully saturated rings. The van der Waals surface area contributed by atoms with Gasteiger partial charge < -0.3 is 9.36 Å². The van der Waals surface area contributed by atoms with Crippen molar-refractivity contribution in [2.45, 2.75) is 25.8 Å². The van der Waals surface area contributed by atoms with Gasteiger partial charge in [0.15, 0.2) is 6.26 Å². The molecule has 2 rings (SSSR count). The average Bonchev–Trinajstić information content (AvgIpc) is 2.65. The van der Waals surface area contributed by atoms with Gasteiger partial charge in [-0.2, -0.15) is 0 Å². The van der Waals surface area contributed by atoms with Crippen molar-refractivity contribution >= 4 is 0 Å². The lowest BCUT2D eigenvalue weighted by Crippen LogP contribution is -2.30.